The standard InChI is InChI=1S/C16H14O2/c17-14-8-6-11(7-9-14)13-5-4-12-2-1-3-16(18)15(12)10-13/h4-10,17H,1-3H2. The van der Waals surface area contributed by atoms with Gasteiger partial charge in [-0.25, -0.2) is 0 Å². The summed E-state index contributed by atoms with van der Waals surface area (Å²) in [6, 6.07) is 13.1. The molecule has 2 aromatic rings. The first-order chi connectivity index (χ1) is 8.74. The normalized spacial score (nSPS) is 14.3. The van der Waals surface area contributed by atoms with E-state index < -0.39 is 0 Å². The number of aromatic hydroxyl groups is 1. The number of carbonyl (C=O) groups is 1. The zero-order valence-electron chi connectivity index (χ0n) is 10.0. The highest BCUT2D eigenvalue weighted by Gasteiger charge is 2.17. The van der Waals surface area contributed by atoms with Crippen LogP contribution in [-0.2, 0) is 6.42 Å². The highest BCUT2D eigenvalue weighted by molar-refractivity contribution is 5.99. The number of hydrogen-bond donors (Lipinski definition) is 1. The zero-order valence-corrected chi connectivity index (χ0v) is 10.0. The van der Waals surface area contributed by atoms with Crippen LogP contribution in [0.4, 0.5) is 0 Å². The first-order valence-corrected chi connectivity index (χ1v) is 6.19. The molecule has 18 heavy (non-hydrogen) atoms. The van der Waals surface area contributed by atoms with E-state index in [1.54, 1.807) is 12.1 Å². The second-order valence-electron chi connectivity index (χ2n) is 4.70. The smallest absolute Gasteiger partial charge is 0.163 e. The van der Waals surface area contributed by atoms with Crippen LogP contribution in [0, 0.1) is 0 Å². The number of rotatable bonds is 1. The Bertz CT molecular complexity index is 597. The summed E-state index contributed by atoms with van der Waals surface area (Å²) in [5, 5.41) is 9.28. The number of phenols is 1. The highest BCUT2D eigenvalue weighted by Crippen LogP contribution is 2.28. The van der Waals surface area contributed by atoms with Crippen molar-refractivity contribution in [3.05, 3.63) is 53.6 Å². The van der Waals surface area contributed by atoms with Crippen LogP contribution in [0.15, 0.2) is 42.5 Å². The molecule has 1 N–H and O–H groups in total. The van der Waals surface area contributed by atoms with Crippen LogP contribution in [0.25, 0.3) is 11.1 Å². The van der Waals surface area contributed by atoms with E-state index in [1.165, 1.54) is 0 Å². The fourth-order valence-electron chi connectivity index (χ4n) is 2.46. The van der Waals surface area contributed by atoms with Gasteiger partial charge < -0.3 is 5.11 Å². The van der Waals surface area contributed by atoms with Crippen LogP contribution in [0.2, 0.25) is 0 Å². The molecule has 0 heterocycles. The summed E-state index contributed by atoms with van der Waals surface area (Å²) in [6.07, 6.45) is 2.62. The second kappa shape index (κ2) is 4.30. The SMILES string of the molecule is O=C1CCCc2ccc(-c3ccc(O)cc3)cc21. The van der Waals surface area contributed by atoms with Crippen molar-refractivity contribution in [3.63, 3.8) is 0 Å². The summed E-state index contributed by atoms with van der Waals surface area (Å²) in [6.45, 7) is 0. The zero-order chi connectivity index (χ0) is 12.5. The van der Waals surface area contributed by atoms with E-state index in [1.807, 2.05) is 24.3 Å². The Morgan fingerprint density at radius 3 is 2.39 bits per heavy atom. The van der Waals surface area contributed by atoms with Crippen LogP contribution < -0.4 is 0 Å². The number of carbonyl (C=O) groups excluding carboxylic acids is 1. The summed E-state index contributed by atoms with van der Waals surface area (Å²) in [7, 11) is 0. The van der Waals surface area contributed by atoms with Gasteiger partial charge in [-0.1, -0.05) is 24.3 Å². The lowest BCUT2D eigenvalue weighted by molar-refractivity contribution is 0.0972. The maximum Gasteiger partial charge on any atom is 0.163 e. The summed E-state index contributed by atoms with van der Waals surface area (Å²) in [5.41, 5.74) is 4.08. The van der Waals surface area contributed by atoms with Crippen molar-refractivity contribution in [2.75, 3.05) is 0 Å². The molecule has 0 aromatic heterocycles. The number of fused-ring (bicyclic) bond motifs is 1. The fourth-order valence-corrected chi connectivity index (χ4v) is 2.46. The van der Waals surface area contributed by atoms with Crippen molar-refractivity contribution in [3.8, 4) is 16.9 Å². The van der Waals surface area contributed by atoms with Gasteiger partial charge in [-0.05, 0) is 47.7 Å². The van der Waals surface area contributed by atoms with Crippen LogP contribution in [0.5, 0.6) is 5.75 Å². The van der Waals surface area contributed by atoms with Crippen LogP contribution in [0.3, 0.4) is 0 Å². The predicted molar refractivity (Wildman–Crippen MR) is 70.8 cm³/mol. The van der Waals surface area contributed by atoms with Crippen LogP contribution in [0.1, 0.15) is 28.8 Å². The first-order valence-electron chi connectivity index (χ1n) is 6.19. The van der Waals surface area contributed by atoms with Crippen LogP contribution >= 0.6 is 0 Å². The molecule has 0 saturated carbocycles. The van der Waals surface area contributed by atoms with E-state index in [-0.39, 0.29) is 11.5 Å². The van der Waals surface area contributed by atoms with E-state index in [9.17, 15) is 9.90 Å². The van der Waals surface area contributed by atoms with Gasteiger partial charge in [-0.3, -0.25) is 4.79 Å². The molecular weight excluding hydrogens is 224 g/mol. The molecule has 0 radical (unpaired) electrons. The van der Waals surface area contributed by atoms with E-state index >= 15 is 0 Å². The third-order valence-corrected chi connectivity index (χ3v) is 3.46. The molecule has 3 rings (SSSR count). The van der Waals surface area contributed by atoms with Gasteiger partial charge in [0, 0.05) is 12.0 Å². The van der Waals surface area contributed by atoms with Crippen molar-refractivity contribution in [1.29, 1.82) is 0 Å². The maximum atomic E-state index is 11.9. The van der Waals surface area contributed by atoms with Gasteiger partial charge in [0.2, 0.25) is 0 Å². The van der Waals surface area contributed by atoms with Gasteiger partial charge in [0.1, 0.15) is 5.75 Å². The average molecular weight is 238 g/mol. The summed E-state index contributed by atoms with van der Waals surface area (Å²) in [4.78, 5) is 11.9. The topological polar surface area (TPSA) is 37.3 Å². The molecule has 2 aromatic carbocycles. The molecule has 0 unspecified atom stereocenters. The van der Waals surface area contributed by atoms with Gasteiger partial charge >= 0.3 is 0 Å². The van der Waals surface area contributed by atoms with Gasteiger partial charge in [-0.2, -0.15) is 0 Å². The van der Waals surface area contributed by atoms with Gasteiger partial charge in [-0.15, -0.1) is 0 Å². The number of hydrogen-bond acceptors (Lipinski definition) is 2. The molecular formula is C16H14O2. The summed E-state index contributed by atoms with van der Waals surface area (Å²) >= 11 is 0. The number of Topliss-reactive ketones (excluding diaryl/α,β-unsaturated/α-hetero) is 1. The highest BCUT2D eigenvalue weighted by atomic mass is 16.3. The molecule has 0 saturated heterocycles. The Balaban J connectivity index is 2.06. The predicted octanol–water partition coefficient (Wildman–Crippen LogP) is 3.58. The quantitative estimate of drug-likeness (QED) is 0.824. The second-order valence-corrected chi connectivity index (χ2v) is 4.70. The van der Waals surface area contributed by atoms with Crippen molar-refractivity contribution in [2.24, 2.45) is 0 Å². The largest absolute Gasteiger partial charge is 0.508 e. The number of phenolic OH excluding ortho intramolecular Hbond substituents is 1. The summed E-state index contributed by atoms with van der Waals surface area (Å²) in [5.74, 6) is 0.504. The van der Waals surface area contributed by atoms with E-state index in [0.29, 0.717) is 6.42 Å². The molecule has 0 atom stereocenters. The molecule has 0 aliphatic heterocycles. The average Bonchev–Trinajstić information content (AvgIpc) is 2.40. The lowest BCUT2D eigenvalue weighted by Gasteiger charge is -2.15. The Morgan fingerprint density at radius 1 is 0.889 bits per heavy atom. The minimum Gasteiger partial charge on any atom is -0.508 e. The number of benzene rings is 2. The fraction of sp³-hybridized carbons (Fsp3) is 0.188. The third kappa shape index (κ3) is 1.90. The van der Waals surface area contributed by atoms with Crippen molar-refractivity contribution in [1.82, 2.24) is 0 Å². The minimum atomic E-state index is 0.247. The van der Waals surface area contributed by atoms with E-state index in [2.05, 4.69) is 6.07 Å². The molecule has 1 aliphatic carbocycles. The number of ketones is 1. The molecule has 0 bridgehead atoms. The van der Waals surface area contributed by atoms with Crippen molar-refractivity contribution >= 4 is 5.78 Å². The minimum absolute atomic E-state index is 0.247. The number of aryl methyl sites for hydroxylation is 1. The van der Waals surface area contributed by atoms with Crippen LogP contribution in [-0.4, -0.2) is 10.9 Å². The Morgan fingerprint density at radius 2 is 1.61 bits per heavy atom. The van der Waals surface area contributed by atoms with E-state index in [0.717, 1.165) is 35.1 Å². The molecule has 0 fully saturated rings. The van der Waals surface area contributed by atoms with Crippen molar-refractivity contribution in [2.45, 2.75) is 19.3 Å². The summed E-state index contributed by atoms with van der Waals surface area (Å²) < 4.78 is 0. The molecule has 2 heteroatoms. The monoisotopic (exact) mass is 238 g/mol. The van der Waals surface area contributed by atoms with Gasteiger partial charge in [0.25, 0.3) is 0 Å². The first kappa shape index (κ1) is 11.0. The van der Waals surface area contributed by atoms with E-state index in [4.69, 9.17) is 0 Å². The lowest BCUT2D eigenvalue weighted by atomic mass is 9.88. The molecule has 1 aliphatic rings. The Labute approximate surface area is 106 Å². The van der Waals surface area contributed by atoms with Crippen molar-refractivity contribution < 1.29 is 9.90 Å². The maximum absolute atomic E-state index is 11.9. The molecule has 0 amide bonds. The molecule has 90 valence electrons. The van der Waals surface area contributed by atoms with Gasteiger partial charge in [0.05, 0.1) is 0 Å². The molecule has 2 nitrogen and oxygen atoms in total. The third-order valence-electron chi connectivity index (χ3n) is 3.46. The Hall–Kier alpha value is -2.09. The lowest BCUT2D eigenvalue weighted by Crippen LogP contribution is -2.10. The molecule has 0 spiro atoms. The Kier molecular flexibility index (Phi) is 2.63. The van der Waals surface area contributed by atoms with Gasteiger partial charge in [0.15, 0.2) is 5.78 Å².